The normalized spacial score (nSPS) is 11.4. The van der Waals surface area contributed by atoms with Crippen molar-refractivity contribution in [3.05, 3.63) is 58.6 Å². The van der Waals surface area contributed by atoms with Gasteiger partial charge >= 0.3 is 5.97 Å². The summed E-state index contributed by atoms with van der Waals surface area (Å²) >= 11 is 3.27. The van der Waals surface area contributed by atoms with Crippen LogP contribution in [0.15, 0.2) is 57.9 Å². The molecule has 0 aliphatic rings. The molecule has 0 aromatic heterocycles. The molecule has 6 nitrogen and oxygen atoms in total. The van der Waals surface area contributed by atoms with E-state index in [9.17, 15) is 13.2 Å². The fourth-order valence-corrected chi connectivity index (χ4v) is 3.72. The van der Waals surface area contributed by atoms with Crippen LogP contribution in [-0.2, 0) is 14.8 Å². The van der Waals surface area contributed by atoms with Crippen LogP contribution in [0.3, 0.4) is 0 Å². The van der Waals surface area contributed by atoms with E-state index in [1.807, 2.05) is 0 Å². The molecule has 1 N–H and O–H groups in total. The second kappa shape index (κ2) is 9.87. The number of sulfonamides is 1. The molecule has 0 saturated carbocycles. The van der Waals surface area contributed by atoms with Gasteiger partial charge in [0, 0.05) is 16.7 Å². The summed E-state index contributed by atoms with van der Waals surface area (Å²) in [6.07, 6.45) is 0. The molecular formula is C19H23BrN2O4S. The molecular weight excluding hydrogens is 432 g/mol. The minimum atomic E-state index is -3.69. The number of anilines is 1. The van der Waals surface area contributed by atoms with E-state index in [1.54, 1.807) is 24.3 Å². The van der Waals surface area contributed by atoms with Gasteiger partial charge in [-0.25, -0.2) is 13.2 Å². The Labute approximate surface area is 168 Å². The SMILES string of the molecule is CCN(CC)CCOC(=O)c1ccc(NS(=O)(=O)c2ccc(Br)cc2)cc1. The van der Waals surface area contributed by atoms with Crippen LogP contribution >= 0.6 is 15.9 Å². The zero-order chi connectivity index (χ0) is 19.9. The average Bonchev–Trinajstić information content (AvgIpc) is 2.66. The summed E-state index contributed by atoms with van der Waals surface area (Å²) in [5.41, 5.74) is 0.749. The molecule has 2 rings (SSSR count). The number of esters is 1. The van der Waals surface area contributed by atoms with Crippen molar-refractivity contribution in [1.82, 2.24) is 4.90 Å². The van der Waals surface area contributed by atoms with Crippen LogP contribution in [0.5, 0.6) is 0 Å². The third-order valence-corrected chi connectivity index (χ3v) is 5.96. The number of nitrogens with zero attached hydrogens (tertiary/aromatic N) is 1. The molecule has 8 heteroatoms. The molecule has 0 amide bonds. The first-order valence-corrected chi connectivity index (χ1v) is 10.9. The summed E-state index contributed by atoms with van der Waals surface area (Å²) in [7, 11) is -3.69. The molecule has 0 saturated heterocycles. The first kappa shape index (κ1) is 21.4. The van der Waals surface area contributed by atoms with E-state index in [2.05, 4.69) is 39.4 Å². The average molecular weight is 455 g/mol. The molecule has 0 aliphatic carbocycles. The van der Waals surface area contributed by atoms with Crippen LogP contribution in [0.1, 0.15) is 24.2 Å². The van der Waals surface area contributed by atoms with Crippen LogP contribution in [-0.4, -0.2) is 45.5 Å². The lowest BCUT2D eigenvalue weighted by molar-refractivity contribution is 0.0466. The molecule has 0 aliphatic heterocycles. The Kier molecular flexibility index (Phi) is 7.82. The van der Waals surface area contributed by atoms with E-state index in [1.165, 1.54) is 24.3 Å². The van der Waals surface area contributed by atoms with Crippen molar-refractivity contribution < 1.29 is 17.9 Å². The number of hydrogen-bond acceptors (Lipinski definition) is 5. The summed E-state index contributed by atoms with van der Waals surface area (Å²) < 4.78 is 33.3. The highest BCUT2D eigenvalue weighted by Gasteiger charge is 2.14. The van der Waals surface area contributed by atoms with E-state index in [4.69, 9.17) is 4.74 Å². The zero-order valence-electron chi connectivity index (χ0n) is 15.3. The van der Waals surface area contributed by atoms with Gasteiger partial charge in [-0.15, -0.1) is 0 Å². The lowest BCUT2D eigenvalue weighted by atomic mass is 10.2. The first-order valence-electron chi connectivity index (χ1n) is 8.63. The fourth-order valence-electron chi connectivity index (χ4n) is 2.39. The molecule has 0 bridgehead atoms. The smallest absolute Gasteiger partial charge is 0.338 e. The maximum absolute atomic E-state index is 12.4. The van der Waals surface area contributed by atoms with Crippen molar-refractivity contribution in [3.8, 4) is 0 Å². The highest BCUT2D eigenvalue weighted by Crippen LogP contribution is 2.19. The van der Waals surface area contributed by atoms with Crippen LogP contribution < -0.4 is 4.72 Å². The van der Waals surface area contributed by atoms with E-state index in [0.29, 0.717) is 24.4 Å². The number of halogens is 1. The van der Waals surface area contributed by atoms with Crippen LogP contribution in [0.2, 0.25) is 0 Å². The standard InChI is InChI=1S/C19H23BrN2O4S/c1-3-22(4-2)13-14-26-19(23)15-5-9-17(10-6-15)21-27(24,25)18-11-7-16(20)8-12-18/h5-12,21H,3-4,13-14H2,1-2H3. The number of likely N-dealkylation sites (N-methyl/N-ethyl adjacent to an activating group) is 1. The van der Waals surface area contributed by atoms with Crippen LogP contribution in [0.25, 0.3) is 0 Å². The summed E-state index contributed by atoms with van der Waals surface area (Å²) in [6.45, 7) is 6.92. The minimum absolute atomic E-state index is 0.158. The zero-order valence-corrected chi connectivity index (χ0v) is 17.7. The van der Waals surface area contributed by atoms with Gasteiger partial charge < -0.3 is 9.64 Å². The Morgan fingerprint density at radius 2 is 1.63 bits per heavy atom. The molecule has 2 aromatic carbocycles. The monoisotopic (exact) mass is 454 g/mol. The highest BCUT2D eigenvalue weighted by atomic mass is 79.9. The molecule has 0 atom stereocenters. The second-order valence-corrected chi connectivity index (χ2v) is 8.40. The Bertz CT molecular complexity index is 848. The number of carbonyl (C=O) groups excluding carboxylic acids is 1. The van der Waals surface area contributed by atoms with Gasteiger partial charge in [-0.05, 0) is 61.6 Å². The van der Waals surface area contributed by atoms with Crippen LogP contribution in [0, 0.1) is 0 Å². The van der Waals surface area contributed by atoms with Crippen molar-refractivity contribution >= 4 is 37.6 Å². The van der Waals surface area contributed by atoms with Gasteiger partial charge in [0.15, 0.2) is 0 Å². The van der Waals surface area contributed by atoms with E-state index >= 15 is 0 Å². The Hall–Kier alpha value is -1.90. The number of nitrogens with one attached hydrogen (secondary N) is 1. The van der Waals surface area contributed by atoms with Crippen molar-refractivity contribution in [2.45, 2.75) is 18.7 Å². The second-order valence-electron chi connectivity index (χ2n) is 5.80. The summed E-state index contributed by atoms with van der Waals surface area (Å²) in [5.74, 6) is -0.426. The van der Waals surface area contributed by atoms with Gasteiger partial charge in [0.25, 0.3) is 10.0 Å². The van der Waals surface area contributed by atoms with Crippen molar-refractivity contribution in [2.24, 2.45) is 0 Å². The van der Waals surface area contributed by atoms with Gasteiger partial charge in [0.2, 0.25) is 0 Å². The van der Waals surface area contributed by atoms with Gasteiger partial charge in [-0.2, -0.15) is 0 Å². The number of ether oxygens (including phenoxy) is 1. The number of carbonyl (C=O) groups is 1. The predicted molar refractivity (Wildman–Crippen MR) is 109 cm³/mol. The number of benzene rings is 2. The predicted octanol–water partition coefficient (Wildman–Crippen LogP) is 3.75. The molecule has 0 unspecified atom stereocenters. The van der Waals surface area contributed by atoms with E-state index < -0.39 is 16.0 Å². The van der Waals surface area contributed by atoms with Gasteiger partial charge in [-0.1, -0.05) is 29.8 Å². The van der Waals surface area contributed by atoms with Crippen LogP contribution in [0.4, 0.5) is 5.69 Å². The molecule has 0 spiro atoms. The van der Waals surface area contributed by atoms with Gasteiger partial charge in [0.05, 0.1) is 10.5 Å². The lowest BCUT2D eigenvalue weighted by Crippen LogP contribution is -2.27. The highest BCUT2D eigenvalue weighted by molar-refractivity contribution is 9.10. The minimum Gasteiger partial charge on any atom is -0.461 e. The fraction of sp³-hybridized carbons (Fsp3) is 0.316. The Morgan fingerprint density at radius 3 is 2.19 bits per heavy atom. The number of hydrogen-bond donors (Lipinski definition) is 1. The first-order chi connectivity index (χ1) is 12.9. The topological polar surface area (TPSA) is 75.7 Å². The third-order valence-electron chi connectivity index (χ3n) is 4.03. The third kappa shape index (κ3) is 6.34. The number of rotatable bonds is 9. The maximum Gasteiger partial charge on any atom is 0.338 e. The molecule has 2 aromatic rings. The molecule has 0 radical (unpaired) electrons. The summed E-state index contributed by atoms with van der Waals surface area (Å²) in [4.78, 5) is 14.4. The lowest BCUT2D eigenvalue weighted by Gasteiger charge is -2.17. The Balaban J connectivity index is 1.96. The molecule has 0 heterocycles. The molecule has 0 fully saturated rings. The van der Waals surface area contributed by atoms with Gasteiger partial charge in [0.1, 0.15) is 6.61 Å². The van der Waals surface area contributed by atoms with Crippen molar-refractivity contribution in [3.63, 3.8) is 0 Å². The largest absolute Gasteiger partial charge is 0.461 e. The molecule has 146 valence electrons. The van der Waals surface area contributed by atoms with E-state index in [-0.39, 0.29) is 4.90 Å². The summed E-state index contributed by atoms with van der Waals surface area (Å²) in [6, 6.07) is 12.5. The van der Waals surface area contributed by atoms with E-state index in [0.717, 1.165) is 17.6 Å². The summed E-state index contributed by atoms with van der Waals surface area (Å²) in [5, 5.41) is 0. The quantitative estimate of drug-likeness (QED) is 0.583. The molecule has 27 heavy (non-hydrogen) atoms. The van der Waals surface area contributed by atoms with Crippen molar-refractivity contribution in [2.75, 3.05) is 31.0 Å². The van der Waals surface area contributed by atoms with Gasteiger partial charge in [-0.3, -0.25) is 4.72 Å². The van der Waals surface area contributed by atoms with Crippen molar-refractivity contribution in [1.29, 1.82) is 0 Å². The Morgan fingerprint density at radius 1 is 1.04 bits per heavy atom. The maximum atomic E-state index is 12.4.